The zero-order valence-electron chi connectivity index (χ0n) is 18.9. The Hall–Kier alpha value is -2.89. The number of carboxylic acid groups (broad SMARTS) is 1. The van der Waals surface area contributed by atoms with Gasteiger partial charge in [0.05, 0.1) is 11.1 Å². The topological polar surface area (TPSA) is 59.4 Å². The predicted molar refractivity (Wildman–Crippen MR) is 126 cm³/mol. The van der Waals surface area contributed by atoms with Gasteiger partial charge in [-0.25, -0.2) is 9.18 Å². The van der Waals surface area contributed by atoms with E-state index in [0.717, 1.165) is 30.5 Å². The van der Waals surface area contributed by atoms with Crippen LogP contribution in [0.5, 0.6) is 5.75 Å². The Morgan fingerprint density at radius 1 is 0.947 bits per heavy atom. The van der Waals surface area contributed by atoms with Gasteiger partial charge in [-0.05, 0) is 66.3 Å². The zero-order chi connectivity index (χ0) is 27.0. The van der Waals surface area contributed by atoms with E-state index < -0.39 is 41.0 Å². The normalized spacial score (nSPS) is 13.9. The second-order valence-electron chi connectivity index (χ2n) is 8.32. The Morgan fingerprint density at radius 3 is 2.26 bits per heavy atom. The molecule has 0 radical (unpaired) electrons. The van der Waals surface area contributed by atoms with Crippen molar-refractivity contribution in [2.24, 2.45) is 0 Å². The molecule has 3 aromatic rings. The zero-order valence-corrected chi connectivity index (χ0v) is 18.9. The molecule has 0 fully saturated rings. The third-order valence-corrected chi connectivity index (χ3v) is 5.93. The number of halogens is 7. The Labute approximate surface area is 234 Å². The minimum atomic E-state index is -5.01. The van der Waals surface area contributed by atoms with Crippen LogP contribution in [0.3, 0.4) is 0 Å². The maximum atomic E-state index is 14.0. The summed E-state index contributed by atoms with van der Waals surface area (Å²) < 4.78 is 100.0. The van der Waals surface area contributed by atoms with Crippen LogP contribution in [-0.2, 0) is 19.0 Å². The summed E-state index contributed by atoms with van der Waals surface area (Å²) in [5.41, 5.74) is -2.64. The monoisotopic (exact) mass is 549 g/mol. The number of carboxylic acids is 1. The van der Waals surface area contributed by atoms with Crippen LogP contribution in [0.15, 0.2) is 54.7 Å². The Balaban J connectivity index is 0.00000400. The summed E-state index contributed by atoms with van der Waals surface area (Å²) in [5, 5.41) is 9.32. The number of ether oxygens (including phenoxy) is 1. The van der Waals surface area contributed by atoms with Crippen molar-refractivity contribution in [2.45, 2.75) is 38.2 Å². The van der Waals surface area contributed by atoms with Gasteiger partial charge in [-0.3, -0.25) is 4.98 Å². The summed E-state index contributed by atoms with van der Waals surface area (Å²) in [6.07, 6.45) is -7.85. The van der Waals surface area contributed by atoms with Crippen LogP contribution >= 0.6 is 0 Å². The van der Waals surface area contributed by atoms with Crippen LogP contribution < -0.4 is 4.74 Å². The van der Waals surface area contributed by atoms with Gasteiger partial charge in [-0.15, -0.1) is 0 Å². The molecule has 1 aromatic heterocycles. The van der Waals surface area contributed by atoms with Crippen LogP contribution in [0.25, 0.3) is 11.1 Å². The number of aromatic carboxylic acids is 1. The number of alkyl halides is 6. The van der Waals surface area contributed by atoms with E-state index in [-0.39, 0.29) is 71.4 Å². The van der Waals surface area contributed by atoms with Crippen molar-refractivity contribution in [1.82, 2.24) is 4.98 Å². The fraction of sp³-hybridized carbons (Fsp3) is 0.231. The molecule has 2 aromatic carbocycles. The van der Waals surface area contributed by atoms with Crippen LogP contribution in [0.2, 0.25) is 0 Å². The molecule has 1 aliphatic rings. The molecule has 0 saturated carbocycles. The Morgan fingerprint density at radius 2 is 1.63 bits per heavy atom. The van der Waals surface area contributed by atoms with Gasteiger partial charge in [0.1, 0.15) is 18.2 Å². The predicted octanol–water partition coefficient (Wildman–Crippen LogP) is 6.98. The van der Waals surface area contributed by atoms with Crippen molar-refractivity contribution >= 4 is 46.7 Å². The van der Waals surface area contributed by atoms with Crippen LogP contribution in [0, 0.1) is 5.82 Å². The van der Waals surface area contributed by atoms with Crippen molar-refractivity contribution < 1.29 is 45.4 Å². The van der Waals surface area contributed by atoms with Crippen molar-refractivity contribution in [3.05, 3.63) is 94.1 Å². The molecule has 0 atom stereocenters. The number of carbonyl (C=O) groups is 1. The molecule has 0 spiro atoms. The van der Waals surface area contributed by atoms with Crippen molar-refractivity contribution in [3.8, 4) is 5.75 Å². The molecule has 12 heteroatoms. The number of hydrogen-bond donors (Lipinski definition) is 1. The van der Waals surface area contributed by atoms with Crippen molar-refractivity contribution in [3.63, 3.8) is 0 Å². The molecule has 4 rings (SSSR count). The van der Waals surface area contributed by atoms with Gasteiger partial charge in [0.2, 0.25) is 0 Å². The summed E-state index contributed by atoms with van der Waals surface area (Å²) in [4.78, 5) is 14.8. The molecule has 0 amide bonds. The molecule has 4 nitrogen and oxygen atoms in total. The molecule has 0 unspecified atom stereocenters. The van der Waals surface area contributed by atoms with Crippen LogP contribution in [0.4, 0.5) is 30.7 Å². The van der Waals surface area contributed by atoms with Crippen LogP contribution in [0.1, 0.15) is 57.6 Å². The number of benzene rings is 2. The van der Waals surface area contributed by atoms with E-state index in [1.54, 1.807) is 6.07 Å². The van der Waals surface area contributed by atoms with E-state index >= 15 is 0 Å². The second-order valence-corrected chi connectivity index (χ2v) is 8.32. The molecule has 1 aliphatic carbocycles. The third-order valence-electron chi connectivity index (χ3n) is 5.93. The second kappa shape index (κ2) is 11.5. The van der Waals surface area contributed by atoms with E-state index in [1.165, 1.54) is 18.2 Å². The van der Waals surface area contributed by atoms with Gasteiger partial charge in [-0.2, -0.15) is 26.3 Å². The summed E-state index contributed by atoms with van der Waals surface area (Å²) in [6.45, 7) is -0.279. The van der Waals surface area contributed by atoms with E-state index in [2.05, 4.69) is 4.98 Å². The molecule has 0 saturated heterocycles. The average Bonchev–Trinajstić information content (AvgIpc) is 3.31. The Bertz CT molecular complexity index is 1380. The molecule has 0 aliphatic heterocycles. The van der Waals surface area contributed by atoms with Gasteiger partial charge in [0, 0.05) is 17.3 Å². The van der Waals surface area contributed by atoms with E-state index in [1.807, 2.05) is 0 Å². The van der Waals surface area contributed by atoms with E-state index in [9.17, 15) is 40.6 Å². The maximum absolute atomic E-state index is 14.0. The fourth-order valence-corrected chi connectivity index (χ4v) is 4.22. The van der Waals surface area contributed by atoms with E-state index in [4.69, 9.17) is 4.74 Å². The first-order chi connectivity index (χ1) is 17.4. The SMILES string of the molecule is O=C(O)c1cc(C2=C(c3cc(C(F)(F)F)ccc3OCc3ccccc3F)CCC2)cnc1C(F)(F)F.[NaH]. The third kappa shape index (κ3) is 6.39. The molecule has 196 valence electrons. The van der Waals surface area contributed by atoms with Gasteiger partial charge in [0.15, 0.2) is 5.69 Å². The molecular weight excluding hydrogens is 530 g/mol. The molecule has 1 N–H and O–H groups in total. The van der Waals surface area contributed by atoms with Crippen molar-refractivity contribution in [2.75, 3.05) is 0 Å². The first kappa shape index (κ1) is 29.7. The number of allylic oxidation sites excluding steroid dienone is 2. The van der Waals surface area contributed by atoms with Crippen LogP contribution in [-0.4, -0.2) is 45.6 Å². The minimum absolute atomic E-state index is 0. The quantitative estimate of drug-likeness (QED) is 0.266. The van der Waals surface area contributed by atoms with E-state index in [0.29, 0.717) is 17.6 Å². The number of nitrogens with zero attached hydrogens (tertiary/aromatic N) is 1. The standard InChI is InChI=1S/C26H18F7NO3.Na.H/c27-21-7-2-1-4-14(21)13-37-22-9-8-16(25(28,29)30)11-19(22)18-6-3-5-17(18)15-10-20(24(35)36)23(34-12-15)26(31,32)33;;/h1-2,4,7-12H,3,5-6,13H2,(H,35,36);;. The van der Waals surface area contributed by atoms with Gasteiger partial charge in [-0.1, -0.05) is 18.2 Å². The Kier molecular flexibility index (Phi) is 8.95. The molecule has 0 bridgehead atoms. The molecule has 1 heterocycles. The van der Waals surface area contributed by atoms with Gasteiger partial charge < -0.3 is 9.84 Å². The number of aromatic nitrogens is 1. The summed E-state index contributed by atoms with van der Waals surface area (Å²) in [7, 11) is 0. The molecular formula is C26H19F7NNaO3. The number of pyridine rings is 1. The fourth-order valence-electron chi connectivity index (χ4n) is 4.22. The summed E-state index contributed by atoms with van der Waals surface area (Å²) in [6, 6.07) is 9.33. The number of rotatable bonds is 6. The summed E-state index contributed by atoms with van der Waals surface area (Å²) in [5.74, 6) is -2.38. The van der Waals surface area contributed by atoms with Gasteiger partial charge in [0.25, 0.3) is 0 Å². The first-order valence-electron chi connectivity index (χ1n) is 11.0. The first-order valence-corrected chi connectivity index (χ1v) is 11.0. The molecule has 38 heavy (non-hydrogen) atoms. The van der Waals surface area contributed by atoms with Crippen molar-refractivity contribution in [1.29, 1.82) is 0 Å². The average molecular weight is 549 g/mol. The van der Waals surface area contributed by atoms with Gasteiger partial charge >= 0.3 is 47.9 Å². The summed E-state index contributed by atoms with van der Waals surface area (Å²) >= 11 is 0. The number of hydrogen-bond acceptors (Lipinski definition) is 3.